The van der Waals surface area contributed by atoms with Gasteiger partial charge in [0.25, 0.3) is 11.6 Å². The van der Waals surface area contributed by atoms with Crippen LogP contribution in [0.5, 0.6) is 0 Å². The number of nitrogens with one attached hydrogen (secondary N) is 1. The van der Waals surface area contributed by atoms with Gasteiger partial charge in [0.05, 0.1) is 10.6 Å². The van der Waals surface area contributed by atoms with Crippen LogP contribution in [0.3, 0.4) is 0 Å². The number of carbonyl (C=O) groups excluding carboxylic acids is 1. The van der Waals surface area contributed by atoms with Crippen LogP contribution in [0.2, 0.25) is 0 Å². The van der Waals surface area contributed by atoms with E-state index < -0.39 is 10.8 Å². The summed E-state index contributed by atoms with van der Waals surface area (Å²) >= 11 is 0. The molecule has 2 rings (SSSR count). The molecule has 0 aromatic heterocycles. The first-order valence-corrected chi connectivity index (χ1v) is 6.36. The van der Waals surface area contributed by atoms with Gasteiger partial charge in [0.15, 0.2) is 0 Å². The molecule has 1 amide bonds. The van der Waals surface area contributed by atoms with E-state index in [0.29, 0.717) is 11.4 Å². The number of amides is 1. The number of benzene rings is 2. The maximum atomic E-state index is 12.1. The Kier molecular flexibility index (Phi) is 4.47. The predicted molar refractivity (Wildman–Crippen MR) is 81.5 cm³/mol. The second-order valence-corrected chi connectivity index (χ2v) is 4.52. The zero-order chi connectivity index (χ0) is 16.1. The number of nitro benzene ring substituents is 1. The fraction of sp³-hybridized carbons (Fsp3) is 0.0667. The Hall–Kier alpha value is -3.22. The van der Waals surface area contributed by atoms with Gasteiger partial charge in [-0.1, -0.05) is 23.4 Å². The largest absolute Gasteiger partial charge is 0.411 e. The summed E-state index contributed by atoms with van der Waals surface area (Å²) in [5.74, 6) is -0.441. The van der Waals surface area contributed by atoms with Crippen molar-refractivity contribution < 1.29 is 14.9 Å². The Morgan fingerprint density at radius 1 is 1.18 bits per heavy atom. The first kappa shape index (κ1) is 15.2. The molecule has 2 N–H and O–H groups in total. The third-order valence-corrected chi connectivity index (χ3v) is 3.03. The number of non-ortho nitro benzene ring substituents is 1. The van der Waals surface area contributed by atoms with Gasteiger partial charge in [0, 0.05) is 23.4 Å². The molecule has 0 unspecified atom stereocenters. The monoisotopic (exact) mass is 299 g/mol. The van der Waals surface area contributed by atoms with Crippen LogP contribution in [0.1, 0.15) is 22.8 Å². The van der Waals surface area contributed by atoms with Crippen molar-refractivity contribution in [3.63, 3.8) is 0 Å². The molecule has 0 radical (unpaired) electrons. The van der Waals surface area contributed by atoms with E-state index in [1.54, 1.807) is 31.2 Å². The summed E-state index contributed by atoms with van der Waals surface area (Å²) < 4.78 is 0. The molecule has 0 atom stereocenters. The van der Waals surface area contributed by atoms with Crippen LogP contribution in [0.15, 0.2) is 53.7 Å². The smallest absolute Gasteiger partial charge is 0.270 e. The van der Waals surface area contributed by atoms with E-state index in [1.165, 1.54) is 24.3 Å². The lowest BCUT2D eigenvalue weighted by Crippen LogP contribution is -2.12. The van der Waals surface area contributed by atoms with Crippen LogP contribution in [-0.4, -0.2) is 21.7 Å². The number of hydrogen-bond acceptors (Lipinski definition) is 5. The molecule has 0 aliphatic carbocycles. The number of carbonyl (C=O) groups is 1. The van der Waals surface area contributed by atoms with Crippen molar-refractivity contribution in [3.05, 3.63) is 69.8 Å². The second-order valence-electron chi connectivity index (χ2n) is 4.52. The maximum absolute atomic E-state index is 12.1. The molecule has 0 aliphatic rings. The summed E-state index contributed by atoms with van der Waals surface area (Å²) in [5.41, 5.74) is 1.77. The molecule has 0 fully saturated rings. The van der Waals surface area contributed by atoms with Crippen LogP contribution in [0.4, 0.5) is 11.4 Å². The summed E-state index contributed by atoms with van der Waals surface area (Å²) in [6.45, 7) is 1.65. The Bertz CT molecular complexity index is 739. The molecule has 0 heterocycles. The van der Waals surface area contributed by atoms with Gasteiger partial charge in [0.1, 0.15) is 0 Å². The van der Waals surface area contributed by atoms with Crippen LogP contribution >= 0.6 is 0 Å². The molecule has 22 heavy (non-hydrogen) atoms. The molecule has 0 bridgehead atoms. The number of rotatable bonds is 4. The second kappa shape index (κ2) is 6.49. The van der Waals surface area contributed by atoms with Gasteiger partial charge in [-0.05, 0) is 30.7 Å². The zero-order valence-corrected chi connectivity index (χ0v) is 11.7. The normalized spacial score (nSPS) is 11.0. The lowest BCUT2D eigenvalue weighted by Gasteiger charge is -2.06. The van der Waals surface area contributed by atoms with Crippen molar-refractivity contribution >= 4 is 23.0 Å². The minimum Gasteiger partial charge on any atom is -0.411 e. The van der Waals surface area contributed by atoms with Crippen LogP contribution in [-0.2, 0) is 0 Å². The summed E-state index contributed by atoms with van der Waals surface area (Å²) in [7, 11) is 0. The highest BCUT2D eigenvalue weighted by Gasteiger charge is 2.11. The highest BCUT2D eigenvalue weighted by Crippen LogP contribution is 2.16. The first-order valence-electron chi connectivity index (χ1n) is 6.36. The molecule has 7 nitrogen and oxygen atoms in total. The van der Waals surface area contributed by atoms with Crippen molar-refractivity contribution in [2.45, 2.75) is 6.92 Å². The molecule has 0 spiro atoms. The SMILES string of the molecule is C/C(=N\O)c1ccc(NC(=O)c2cccc([N+](=O)[O-])c2)cc1. The highest BCUT2D eigenvalue weighted by atomic mass is 16.6. The third kappa shape index (κ3) is 3.45. The average molecular weight is 299 g/mol. The number of anilines is 1. The highest BCUT2D eigenvalue weighted by molar-refractivity contribution is 6.05. The Morgan fingerprint density at radius 3 is 2.45 bits per heavy atom. The number of nitrogens with zero attached hydrogens (tertiary/aromatic N) is 2. The van der Waals surface area contributed by atoms with Gasteiger partial charge in [-0.15, -0.1) is 0 Å². The van der Waals surface area contributed by atoms with Gasteiger partial charge in [-0.2, -0.15) is 0 Å². The van der Waals surface area contributed by atoms with E-state index in [0.717, 1.165) is 5.56 Å². The fourth-order valence-corrected chi connectivity index (χ4v) is 1.82. The Morgan fingerprint density at radius 2 is 1.86 bits per heavy atom. The van der Waals surface area contributed by atoms with E-state index in [9.17, 15) is 14.9 Å². The third-order valence-electron chi connectivity index (χ3n) is 3.03. The van der Waals surface area contributed by atoms with Crippen LogP contribution in [0, 0.1) is 10.1 Å². The number of hydrogen-bond donors (Lipinski definition) is 2. The van der Waals surface area contributed by atoms with Crippen molar-refractivity contribution in [1.82, 2.24) is 0 Å². The fourth-order valence-electron chi connectivity index (χ4n) is 1.82. The Balaban J connectivity index is 2.15. The lowest BCUT2D eigenvalue weighted by atomic mass is 10.1. The van der Waals surface area contributed by atoms with Crippen molar-refractivity contribution in [2.75, 3.05) is 5.32 Å². The Labute approximate surface area is 126 Å². The van der Waals surface area contributed by atoms with E-state index >= 15 is 0 Å². The van der Waals surface area contributed by atoms with Gasteiger partial charge < -0.3 is 10.5 Å². The van der Waals surface area contributed by atoms with Gasteiger partial charge in [-0.3, -0.25) is 14.9 Å². The van der Waals surface area contributed by atoms with Gasteiger partial charge in [0.2, 0.25) is 0 Å². The van der Waals surface area contributed by atoms with Crippen molar-refractivity contribution in [3.8, 4) is 0 Å². The number of oxime groups is 1. The van der Waals surface area contributed by atoms with Gasteiger partial charge >= 0.3 is 0 Å². The molecular formula is C15H13N3O4. The summed E-state index contributed by atoms with van der Waals surface area (Å²) in [6, 6.07) is 12.2. The zero-order valence-electron chi connectivity index (χ0n) is 11.7. The summed E-state index contributed by atoms with van der Waals surface area (Å²) in [4.78, 5) is 22.2. The minimum atomic E-state index is -0.553. The molecule has 112 valence electrons. The van der Waals surface area contributed by atoms with Crippen LogP contribution < -0.4 is 5.32 Å². The lowest BCUT2D eigenvalue weighted by molar-refractivity contribution is -0.384. The molecule has 2 aromatic carbocycles. The first-order chi connectivity index (χ1) is 10.5. The number of nitro groups is 1. The molecule has 0 aliphatic heterocycles. The summed E-state index contributed by atoms with van der Waals surface area (Å²) in [6.07, 6.45) is 0. The maximum Gasteiger partial charge on any atom is 0.270 e. The van der Waals surface area contributed by atoms with E-state index in [1.807, 2.05) is 0 Å². The quantitative estimate of drug-likeness (QED) is 0.392. The van der Waals surface area contributed by atoms with Crippen molar-refractivity contribution in [2.24, 2.45) is 5.16 Å². The van der Waals surface area contributed by atoms with Gasteiger partial charge in [-0.25, -0.2) is 0 Å². The minimum absolute atomic E-state index is 0.141. The summed E-state index contributed by atoms with van der Waals surface area (Å²) in [5, 5.41) is 25.1. The molecule has 0 saturated heterocycles. The van der Waals surface area contributed by atoms with E-state index in [-0.39, 0.29) is 11.3 Å². The van der Waals surface area contributed by atoms with E-state index in [2.05, 4.69) is 10.5 Å². The molecule has 7 heteroatoms. The molecule has 0 saturated carbocycles. The van der Waals surface area contributed by atoms with Crippen molar-refractivity contribution in [1.29, 1.82) is 0 Å². The molecular weight excluding hydrogens is 286 g/mol. The van der Waals surface area contributed by atoms with E-state index in [4.69, 9.17) is 5.21 Å². The molecule has 2 aromatic rings. The average Bonchev–Trinajstić information content (AvgIpc) is 2.54. The topological polar surface area (TPSA) is 105 Å². The predicted octanol–water partition coefficient (Wildman–Crippen LogP) is 3.05. The van der Waals surface area contributed by atoms with Crippen LogP contribution in [0.25, 0.3) is 0 Å². The standard InChI is InChI=1S/C15H13N3O4/c1-10(17-20)11-5-7-13(8-6-11)16-15(19)12-3-2-4-14(9-12)18(21)22/h2-9,20H,1H3,(H,16,19)/b17-10+.